The van der Waals surface area contributed by atoms with Crippen LogP contribution in [0.25, 0.3) is 0 Å². The zero-order valence-electron chi connectivity index (χ0n) is 18.1. The van der Waals surface area contributed by atoms with Crippen LogP contribution in [-0.4, -0.2) is 53.8 Å². The topological polar surface area (TPSA) is 43.9 Å². The summed E-state index contributed by atoms with van der Waals surface area (Å²) in [6, 6.07) is 27.0. The third-order valence-corrected chi connectivity index (χ3v) is 6.43. The molecular formula is C27H27N3O2. The van der Waals surface area contributed by atoms with Gasteiger partial charge in [0.25, 0.3) is 5.91 Å². The first-order chi connectivity index (χ1) is 15.7. The standard InChI is InChI=1S/C27H27N3O2/c31-26(22-11-5-2-6-12-22)30-24-14-8-7-13-23(24)19-25(30)27(32)29-17-15-28(16-18-29)20-21-9-3-1-4-10-21/h1-14,25H,15-20H2/t25-/m1/s1. The van der Waals surface area contributed by atoms with E-state index in [1.165, 1.54) is 5.56 Å². The molecular weight excluding hydrogens is 398 g/mol. The molecule has 5 nitrogen and oxygen atoms in total. The highest BCUT2D eigenvalue weighted by Crippen LogP contribution is 2.34. The minimum absolute atomic E-state index is 0.0462. The van der Waals surface area contributed by atoms with E-state index in [1.54, 1.807) is 4.90 Å². The molecule has 2 aliphatic rings. The van der Waals surface area contributed by atoms with Crippen molar-refractivity contribution in [2.45, 2.75) is 19.0 Å². The van der Waals surface area contributed by atoms with Crippen molar-refractivity contribution in [3.63, 3.8) is 0 Å². The van der Waals surface area contributed by atoms with Crippen molar-refractivity contribution in [3.05, 3.63) is 102 Å². The number of anilines is 1. The number of benzene rings is 3. The van der Waals surface area contributed by atoms with E-state index in [0.717, 1.165) is 30.9 Å². The SMILES string of the molecule is O=C([C@H]1Cc2ccccc2N1C(=O)c1ccccc1)N1CCN(Cc2ccccc2)CC1. The van der Waals surface area contributed by atoms with Gasteiger partial charge in [0.15, 0.2) is 0 Å². The Bertz CT molecular complexity index is 1090. The smallest absolute Gasteiger partial charge is 0.259 e. The third-order valence-electron chi connectivity index (χ3n) is 6.43. The molecule has 5 rings (SSSR count). The summed E-state index contributed by atoms with van der Waals surface area (Å²) in [7, 11) is 0. The average molecular weight is 426 g/mol. The predicted octanol–water partition coefficient (Wildman–Crippen LogP) is 3.60. The number of para-hydroxylation sites is 1. The number of carbonyl (C=O) groups excluding carboxylic acids is 2. The molecule has 2 aliphatic heterocycles. The Morgan fingerprint density at radius 1 is 0.750 bits per heavy atom. The summed E-state index contributed by atoms with van der Waals surface area (Å²) >= 11 is 0. The molecule has 0 saturated carbocycles. The second-order valence-corrected chi connectivity index (χ2v) is 8.48. The summed E-state index contributed by atoms with van der Waals surface area (Å²) in [6.45, 7) is 3.95. The van der Waals surface area contributed by atoms with Crippen LogP contribution in [0.1, 0.15) is 21.5 Å². The highest BCUT2D eigenvalue weighted by Gasteiger charge is 2.40. The Morgan fingerprint density at radius 2 is 1.38 bits per heavy atom. The van der Waals surface area contributed by atoms with E-state index in [1.807, 2.05) is 65.6 Å². The van der Waals surface area contributed by atoms with Crippen molar-refractivity contribution in [2.75, 3.05) is 31.1 Å². The van der Waals surface area contributed by atoms with Gasteiger partial charge >= 0.3 is 0 Å². The summed E-state index contributed by atoms with van der Waals surface area (Å²) < 4.78 is 0. The molecule has 5 heteroatoms. The second kappa shape index (κ2) is 8.97. The van der Waals surface area contributed by atoms with E-state index in [-0.39, 0.29) is 11.8 Å². The van der Waals surface area contributed by atoms with Gasteiger partial charge in [-0.05, 0) is 29.3 Å². The molecule has 0 aromatic heterocycles. The molecule has 1 fully saturated rings. The molecule has 2 amide bonds. The number of fused-ring (bicyclic) bond motifs is 1. The number of piperazine rings is 1. The van der Waals surface area contributed by atoms with Gasteiger partial charge in [-0.15, -0.1) is 0 Å². The zero-order chi connectivity index (χ0) is 21.9. The molecule has 0 bridgehead atoms. The molecule has 2 heterocycles. The summed E-state index contributed by atoms with van der Waals surface area (Å²) in [5.41, 5.74) is 3.80. The van der Waals surface area contributed by atoms with Crippen LogP contribution in [0.2, 0.25) is 0 Å². The quantitative estimate of drug-likeness (QED) is 0.642. The van der Waals surface area contributed by atoms with Crippen LogP contribution in [0.3, 0.4) is 0 Å². The highest BCUT2D eigenvalue weighted by molar-refractivity contribution is 6.11. The molecule has 0 N–H and O–H groups in total. The van der Waals surface area contributed by atoms with Gasteiger partial charge in [-0.25, -0.2) is 0 Å². The van der Waals surface area contributed by atoms with E-state index in [2.05, 4.69) is 29.2 Å². The predicted molar refractivity (Wildman–Crippen MR) is 125 cm³/mol. The summed E-state index contributed by atoms with van der Waals surface area (Å²) in [4.78, 5) is 33.0. The second-order valence-electron chi connectivity index (χ2n) is 8.48. The fourth-order valence-electron chi connectivity index (χ4n) is 4.73. The van der Waals surface area contributed by atoms with E-state index >= 15 is 0 Å². The van der Waals surface area contributed by atoms with Crippen molar-refractivity contribution in [3.8, 4) is 0 Å². The molecule has 32 heavy (non-hydrogen) atoms. The maximum Gasteiger partial charge on any atom is 0.259 e. The number of nitrogens with zero attached hydrogens (tertiary/aromatic N) is 3. The monoisotopic (exact) mass is 425 g/mol. The fourth-order valence-corrected chi connectivity index (χ4v) is 4.73. The zero-order valence-corrected chi connectivity index (χ0v) is 18.1. The molecule has 1 atom stereocenters. The lowest BCUT2D eigenvalue weighted by Crippen LogP contribution is -2.55. The largest absolute Gasteiger partial charge is 0.338 e. The fraction of sp³-hybridized carbons (Fsp3) is 0.259. The van der Waals surface area contributed by atoms with Gasteiger partial charge in [-0.2, -0.15) is 0 Å². The summed E-state index contributed by atoms with van der Waals surface area (Å²) in [6.07, 6.45) is 0.567. The van der Waals surface area contributed by atoms with Crippen molar-refractivity contribution in [1.29, 1.82) is 0 Å². The minimum Gasteiger partial charge on any atom is -0.338 e. The number of hydrogen-bond donors (Lipinski definition) is 0. The lowest BCUT2D eigenvalue weighted by Gasteiger charge is -2.37. The number of amides is 2. The molecule has 162 valence electrons. The number of hydrogen-bond acceptors (Lipinski definition) is 3. The average Bonchev–Trinajstić information content (AvgIpc) is 3.24. The van der Waals surface area contributed by atoms with Crippen LogP contribution in [0.4, 0.5) is 5.69 Å². The molecule has 0 radical (unpaired) electrons. The van der Waals surface area contributed by atoms with Crippen molar-refractivity contribution < 1.29 is 9.59 Å². The van der Waals surface area contributed by atoms with E-state index < -0.39 is 6.04 Å². The minimum atomic E-state index is -0.485. The first-order valence-corrected chi connectivity index (χ1v) is 11.2. The van der Waals surface area contributed by atoms with Gasteiger partial charge in [0.1, 0.15) is 6.04 Å². The van der Waals surface area contributed by atoms with Gasteiger partial charge in [-0.3, -0.25) is 19.4 Å². The van der Waals surface area contributed by atoms with Crippen LogP contribution in [-0.2, 0) is 17.8 Å². The maximum absolute atomic E-state index is 13.6. The Morgan fingerprint density at radius 3 is 2.09 bits per heavy atom. The third kappa shape index (κ3) is 4.04. The van der Waals surface area contributed by atoms with Crippen LogP contribution in [0.5, 0.6) is 0 Å². The molecule has 0 aliphatic carbocycles. The van der Waals surface area contributed by atoms with E-state index in [0.29, 0.717) is 25.1 Å². The van der Waals surface area contributed by atoms with Gasteiger partial charge < -0.3 is 4.90 Å². The van der Waals surface area contributed by atoms with Crippen LogP contribution in [0.15, 0.2) is 84.9 Å². The molecule has 0 spiro atoms. The van der Waals surface area contributed by atoms with Crippen LogP contribution < -0.4 is 4.90 Å². The Hall–Kier alpha value is -3.44. The normalized spacial score (nSPS) is 18.4. The summed E-state index contributed by atoms with van der Waals surface area (Å²) in [5.74, 6) is -0.0681. The lowest BCUT2D eigenvalue weighted by molar-refractivity contribution is -0.134. The lowest BCUT2D eigenvalue weighted by atomic mass is 10.1. The number of carbonyl (C=O) groups is 2. The van der Waals surface area contributed by atoms with Gasteiger partial charge in [0, 0.05) is 50.4 Å². The Labute approximate surface area is 188 Å². The molecule has 3 aromatic carbocycles. The van der Waals surface area contributed by atoms with Crippen LogP contribution >= 0.6 is 0 Å². The maximum atomic E-state index is 13.6. The first-order valence-electron chi connectivity index (χ1n) is 11.2. The highest BCUT2D eigenvalue weighted by atomic mass is 16.2. The number of rotatable bonds is 4. The van der Waals surface area contributed by atoms with Gasteiger partial charge in [0.2, 0.25) is 5.91 Å². The van der Waals surface area contributed by atoms with Crippen LogP contribution in [0, 0.1) is 0 Å². The van der Waals surface area contributed by atoms with E-state index in [9.17, 15) is 9.59 Å². The van der Waals surface area contributed by atoms with Gasteiger partial charge in [-0.1, -0.05) is 66.7 Å². The molecule has 0 unspecified atom stereocenters. The molecule has 1 saturated heterocycles. The Kier molecular flexibility index (Phi) is 5.73. The summed E-state index contributed by atoms with van der Waals surface area (Å²) in [5, 5.41) is 0. The molecule has 3 aromatic rings. The van der Waals surface area contributed by atoms with E-state index in [4.69, 9.17) is 0 Å². The Balaban J connectivity index is 1.31. The van der Waals surface area contributed by atoms with Crippen molar-refractivity contribution in [2.24, 2.45) is 0 Å². The van der Waals surface area contributed by atoms with Gasteiger partial charge in [0.05, 0.1) is 0 Å². The van der Waals surface area contributed by atoms with Crippen molar-refractivity contribution >= 4 is 17.5 Å². The van der Waals surface area contributed by atoms with Crippen molar-refractivity contribution in [1.82, 2.24) is 9.80 Å². The first kappa shape index (κ1) is 20.5.